The van der Waals surface area contributed by atoms with Crippen molar-refractivity contribution in [1.29, 1.82) is 0 Å². The van der Waals surface area contributed by atoms with Gasteiger partial charge in [-0.05, 0) is 19.4 Å². The molecule has 80 valence electrons. The predicted molar refractivity (Wildman–Crippen MR) is 52.6 cm³/mol. The molecule has 0 spiro atoms. The lowest BCUT2D eigenvalue weighted by Gasteiger charge is -2.11. The van der Waals surface area contributed by atoms with Gasteiger partial charge in [-0.25, -0.2) is 4.79 Å². The van der Waals surface area contributed by atoms with Crippen LogP contribution in [0.4, 0.5) is 4.79 Å². The maximum Gasteiger partial charge on any atom is 0.324 e. The zero-order valence-corrected chi connectivity index (χ0v) is 8.45. The van der Waals surface area contributed by atoms with Crippen LogP contribution in [0.25, 0.3) is 0 Å². The molecule has 3 N–H and O–H groups in total. The van der Waals surface area contributed by atoms with Crippen LogP contribution in [0.2, 0.25) is 0 Å². The summed E-state index contributed by atoms with van der Waals surface area (Å²) < 4.78 is 0. The van der Waals surface area contributed by atoms with E-state index in [0.717, 1.165) is 6.42 Å². The average Bonchev–Trinajstić information content (AvgIpc) is 2.41. The first-order chi connectivity index (χ1) is 6.70. The standard InChI is InChI=1S/C9H17N3O2/c1-2-4-7-8(13)12(6-3-5-10)9(14)11-7/h7H,2-6,10H2,1H3,(H,11,14). The molecule has 1 unspecified atom stereocenters. The maximum atomic E-state index is 11.6. The summed E-state index contributed by atoms with van der Waals surface area (Å²) in [5.74, 6) is -0.106. The molecule has 0 aromatic rings. The maximum absolute atomic E-state index is 11.6. The predicted octanol–water partition coefficient (Wildman–Crippen LogP) is 0.0557. The van der Waals surface area contributed by atoms with Gasteiger partial charge in [-0.3, -0.25) is 9.69 Å². The van der Waals surface area contributed by atoms with Crippen molar-refractivity contribution in [2.75, 3.05) is 13.1 Å². The van der Waals surface area contributed by atoms with Gasteiger partial charge in [0.2, 0.25) is 0 Å². The fourth-order valence-corrected chi connectivity index (χ4v) is 1.52. The lowest BCUT2D eigenvalue weighted by molar-refractivity contribution is -0.127. The first-order valence-electron chi connectivity index (χ1n) is 5.02. The zero-order valence-electron chi connectivity index (χ0n) is 8.45. The molecule has 1 atom stereocenters. The Balaban J connectivity index is 2.52. The molecule has 3 amide bonds. The van der Waals surface area contributed by atoms with E-state index < -0.39 is 0 Å². The van der Waals surface area contributed by atoms with E-state index in [9.17, 15) is 9.59 Å². The first kappa shape index (κ1) is 11.0. The van der Waals surface area contributed by atoms with E-state index in [4.69, 9.17) is 5.73 Å². The van der Waals surface area contributed by atoms with Gasteiger partial charge in [0.05, 0.1) is 0 Å². The van der Waals surface area contributed by atoms with E-state index in [0.29, 0.717) is 25.9 Å². The highest BCUT2D eigenvalue weighted by atomic mass is 16.2. The monoisotopic (exact) mass is 199 g/mol. The van der Waals surface area contributed by atoms with Crippen LogP contribution in [-0.2, 0) is 4.79 Å². The quantitative estimate of drug-likeness (QED) is 0.614. The van der Waals surface area contributed by atoms with Crippen molar-refractivity contribution in [3.8, 4) is 0 Å². The van der Waals surface area contributed by atoms with E-state index in [-0.39, 0.29) is 18.0 Å². The van der Waals surface area contributed by atoms with Crippen LogP contribution in [0.15, 0.2) is 0 Å². The Morgan fingerprint density at radius 1 is 1.50 bits per heavy atom. The molecule has 1 aliphatic heterocycles. The van der Waals surface area contributed by atoms with Crippen molar-refractivity contribution in [2.45, 2.75) is 32.2 Å². The summed E-state index contributed by atoms with van der Waals surface area (Å²) in [6.45, 7) is 2.92. The molecular formula is C9H17N3O2. The summed E-state index contributed by atoms with van der Waals surface area (Å²) in [4.78, 5) is 24.2. The van der Waals surface area contributed by atoms with Gasteiger partial charge in [0, 0.05) is 6.54 Å². The molecule has 5 heteroatoms. The molecule has 1 saturated heterocycles. The number of hydrogen-bond acceptors (Lipinski definition) is 3. The van der Waals surface area contributed by atoms with Crippen LogP contribution < -0.4 is 11.1 Å². The minimum Gasteiger partial charge on any atom is -0.330 e. The molecule has 0 aromatic carbocycles. The van der Waals surface area contributed by atoms with Gasteiger partial charge < -0.3 is 11.1 Å². The molecule has 0 saturated carbocycles. The fraction of sp³-hybridized carbons (Fsp3) is 0.778. The number of carbonyl (C=O) groups excluding carboxylic acids is 2. The molecule has 0 aromatic heterocycles. The third-order valence-electron chi connectivity index (χ3n) is 2.27. The Hall–Kier alpha value is -1.10. The number of hydrogen-bond donors (Lipinski definition) is 2. The van der Waals surface area contributed by atoms with Gasteiger partial charge in [-0.1, -0.05) is 13.3 Å². The van der Waals surface area contributed by atoms with Crippen LogP contribution >= 0.6 is 0 Å². The lowest BCUT2D eigenvalue weighted by Crippen LogP contribution is -2.33. The number of nitrogens with two attached hydrogens (primary N) is 1. The summed E-state index contributed by atoms with van der Waals surface area (Å²) in [5.41, 5.74) is 5.32. The molecule has 1 rings (SSSR count). The number of nitrogens with zero attached hydrogens (tertiary/aromatic N) is 1. The van der Waals surface area contributed by atoms with E-state index in [1.54, 1.807) is 0 Å². The summed E-state index contributed by atoms with van der Waals surface area (Å²) in [7, 11) is 0. The molecule has 5 nitrogen and oxygen atoms in total. The third kappa shape index (κ3) is 2.23. The van der Waals surface area contributed by atoms with Crippen molar-refractivity contribution in [3.05, 3.63) is 0 Å². The fourth-order valence-electron chi connectivity index (χ4n) is 1.52. The van der Waals surface area contributed by atoms with Gasteiger partial charge in [0.15, 0.2) is 0 Å². The topological polar surface area (TPSA) is 75.4 Å². The van der Waals surface area contributed by atoms with Crippen LogP contribution in [0, 0.1) is 0 Å². The average molecular weight is 199 g/mol. The number of nitrogens with one attached hydrogen (secondary N) is 1. The largest absolute Gasteiger partial charge is 0.330 e. The summed E-state index contributed by atoms with van der Waals surface area (Å²) in [6.07, 6.45) is 2.27. The summed E-state index contributed by atoms with van der Waals surface area (Å²) >= 11 is 0. The van der Waals surface area contributed by atoms with E-state index in [1.807, 2.05) is 6.92 Å². The second-order valence-corrected chi connectivity index (χ2v) is 3.42. The number of carbonyl (C=O) groups is 2. The van der Waals surface area contributed by atoms with Gasteiger partial charge in [-0.15, -0.1) is 0 Å². The molecule has 1 fully saturated rings. The molecule has 0 radical (unpaired) electrons. The molecule has 1 heterocycles. The summed E-state index contributed by atoms with van der Waals surface area (Å²) in [5, 5.41) is 2.66. The van der Waals surface area contributed by atoms with Gasteiger partial charge in [-0.2, -0.15) is 0 Å². The second kappa shape index (κ2) is 4.95. The van der Waals surface area contributed by atoms with Gasteiger partial charge in [0.1, 0.15) is 6.04 Å². The smallest absolute Gasteiger partial charge is 0.324 e. The van der Waals surface area contributed by atoms with Crippen molar-refractivity contribution < 1.29 is 9.59 Å². The van der Waals surface area contributed by atoms with Gasteiger partial charge >= 0.3 is 6.03 Å². The number of rotatable bonds is 5. The summed E-state index contributed by atoms with van der Waals surface area (Å²) in [6, 6.07) is -0.591. The Labute approximate surface area is 83.6 Å². The lowest BCUT2D eigenvalue weighted by atomic mass is 10.2. The molecule has 0 bridgehead atoms. The molecule has 14 heavy (non-hydrogen) atoms. The SMILES string of the molecule is CCCC1NC(=O)N(CCCN)C1=O. The van der Waals surface area contributed by atoms with Gasteiger partial charge in [0.25, 0.3) is 5.91 Å². The Bertz CT molecular complexity index is 230. The number of urea groups is 1. The van der Waals surface area contributed by atoms with Crippen molar-refractivity contribution in [3.63, 3.8) is 0 Å². The Morgan fingerprint density at radius 3 is 2.79 bits per heavy atom. The highest BCUT2D eigenvalue weighted by molar-refractivity contribution is 6.04. The van der Waals surface area contributed by atoms with Crippen LogP contribution in [-0.4, -0.2) is 36.0 Å². The molecule has 1 aliphatic rings. The number of amides is 3. The number of imide groups is 1. The Morgan fingerprint density at radius 2 is 2.21 bits per heavy atom. The van der Waals surface area contributed by atoms with E-state index in [1.165, 1.54) is 4.90 Å². The zero-order chi connectivity index (χ0) is 10.6. The van der Waals surface area contributed by atoms with Crippen molar-refractivity contribution in [1.82, 2.24) is 10.2 Å². The first-order valence-corrected chi connectivity index (χ1v) is 5.02. The normalized spacial score (nSPS) is 21.6. The third-order valence-corrected chi connectivity index (χ3v) is 2.27. The highest BCUT2D eigenvalue weighted by Gasteiger charge is 2.36. The van der Waals surface area contributed by atoms with Crippen molar-refractivity contribution in [2.24, 2.45) is 5.73 Å². The van der Waals surface area contributed by atoms with Crippen molar-refractivity contribution >= 4 is 11.9 Å². The molecular weight excluding hydrogens is 182 g/mol. The van der Waals surface area contributed by atoms with Crippen LogP contribution in [0.5, 0.6) is 0 Å². The Kier molecular flexibility index (Phi) is 3.88. The van der Waals surface area contributed by atoms with E-state index >= 15 is 0 Å². The van der Waals surface area contributed by atoms with Crippen LogP contribution in [0.3, 0.4) is 0 Å². The second-order valence-electron chi connectivity index (χ2n) is 3.42. The van der Waals surface area contributed by atoms with Crippen LogP contribution in [0.1, 0.15) is 26.2 Å². The van der Waals surface area contributed by atoms with E-state index in [2.05, 4.69) is 5.32 Å². The highest BCUT2D eigenvalue weighted by Crippen LogP contribution is 2.10. The minimum atomic E-state index is -0.315. The minimum absolute atomic E-state index is 0.106. The molecule has 0 aliphatic carbocycles.